The molecule has 104 valence electrons. The van der Waals surface area contributed by atoms with Gasteiger partial charge in [-0.2, -0.15) is 11.3 Å². The summed E-state index contributed by atoms with van der Waals surface area (Å²) in [4.78, 5) is 27.5. The largest absolute Gasteiger partial charge is 0.347 e. The van der Waals surface area contributed by atoms with E-state index in [-0.39, 0.29) is 17.9 Å². The van der Waals surface area contributed by atoms with Gasteiger partial charge in [0.25, 0.3) is 0 Å². The fourth-order valence-corrected chi connectivity index (χ4v) is 3.90. The average molecular weight is 298 g/mol. The SMILES string of the molecule is CN(C)C(=O)C1CSCN1C(=O)CCc1ccsc1. The highest BCUT2D eigenvalue weighted by molar-refractivity contribution is 7.99. The number of rotatable bonds is 4. The molecule has 4 nitrogen and oxygen atoms in total. The van der Waals surface area contributed by atoms with E-state index >= 15 is 0 Å². The molecule has 2 amide bonds. The first kappa shape index (κ1) is 14.4. The molecule has 0 spiro atoms. The van der Waals surface area contributed by atoms with Gasteiger partial charge in [0.2, 0.25) is 11.8 Å². The molecular weight excluding hydrogens is 280 g/mol. The summed E-state index contributed by atoms with van der Waals surface area (Å²) in [6, 6.07) is 1.76. The number of carbonyl (C=O) groups excluding carboxylic acids is 2. The van der Waals surface area contributed by atoms with Crippen molar-refractivity contribution in [1.82, 2.24) is 9.80 Å². The third kappa shape index (κ3) is 3.51. The van der Waals surface area contributed by atoms with Crippen LogP contribution in [-0.4, -0.2) is 53.4 Å². The molecule has 0 N–H and O–H groups in total. The van der Waals surface area contributed by atoms with Crippen molar-refractivity contribution in [3.63, 3.8) is 0 Å². The first-order valence-corrected chi connectivity index (χ1v) is 8.29. The Balaban J connectivity index is 1.92. The number of hydrogen-bond acceptors (Lipinski definition) is 4. The van der Waals surface area contributed by atoms with E-state index in [1.165, 1.54) is 5.56 Å². The Labute approximate surface area is 121 Å². The van der Waals surface area contributed by atoms with Crippen LogP contribution in [0.25, 0.3) is 0 Å². The Morgan fingerprint density at radius 2 is 2.26 bits per heavy atom. The molecule has 0 aromatic carbocycles. The zero-order valence-corrected chi connectivity index (χ0v) is 12.8. The van der Waals surface area contributed by atoms with Gasteiger partial charge in [-0.25, -0.2) is 0 Å². The zero-order chi connectivity index (χ0) is 13.8. The van der Waals surface area contributed by atoms with Gasteiger partial charge >= 0.3 is 0 Å². The Bertz CT molecular complexity index is 446. The van der Waals surface area contributed by atoms with Crippen molar-refractivity contribution in [3.05, 3.63) is 22.4 Å². The molecule has 0 saturated carbocycles. The van der Waals surface area contributed by atoms with Gasteiger partial charge < -0.3 is 9.80 Å². The predicted octanol–water partition coefficient (Wildman–Crippen LogP) is 1.67. The number of aryl methyl sites for hydroxylation is 1. The molecule has 0 aliphatic carbocycles. The van der Waals surface area contributed by atoms with E-state index < -0.39 is 0 Å². The normalized spacial score (nSPS) is 18.6. The number of carbonyl (C=O) groups is 2. The molecular formula is C13H18N2O2S2. The maximum atomic E-state index is 12.2. The summed E-state index contributed by atoms with van der Waals surface area (Å²) in [6.45, 7) is 0. The van der Waals surface area contributed by atoms with Crippen molar-refractivity contribution < 1.29 is 9.59 Å². The molecule has 1 fully saturated rings. The minimum atomic E-state index is -0.282. The van der Waals surface area contributed by atoms with E-state index in [0.717, 1.165) is 6.42 Å². The maximum Gasteiger partial charge on any atom is 0.245 e. The predicted molar refractivity (Wildman–Crippen MR) is 79.3 cm³/mol. The van der Waals surface area contributed by atoms with Crippen molar-refractivity contribution in [3.8, 4) is 0 Å². The number of amides is 2. The fourth-order valence-electron chi connectivity index (χ4n) is 2.02. The highest BCUT2D eigenvalue weighted by Crippen LogP contribution is 2.23. The van der Waals surface area contributed by atoms with Crippen LogP contribution in [0.1, 0.15) is 12.0 Å². The van der Waals surface area contributed by atoms with Crippen molar-refractivity contribution >= 4 is 34.9 Å². The second-order valence-electron chi connectivity index (χ2n) is 4.74. The monoisotopic (exact) mass is 298 g/mol. The Morgan fingerprint density at radius 3 is 2.89 bits per heavy atom. The van der Waals surface area contributed by atoms with Crippen LogP contribution in [0.3, 0.4) is 0 Å². The van der Waals surface area contributed by atoms with E-state index in [1.54, 1.807) is 47.0 Å². The lowest BCUT2D eigenvalue weighted by Gasteiger charge is -2.25. The quantitative estimate of drug-likeness (QED) is 0.849. The summed E-state index contributed by atoms with van der Waals surface area (Å²) in [7, 11) is 3.47. The summed E-state index contributed by atoms with van der Waals surface area (Å²) in [5, 5.41) is 4.08. The number of thioether (sulfide) groups is 1. The summed E-state index contributed by atoms with van der Waals surface area (Å²) >= 11 is 3.29. The van der Waals surface area contributed by atoms with Gasteiger partial charge in [-0.05, 0) is 28.8 Å². The minimum Gasteiger partial charge on any atom is -0.347 e. The lowest BCUT2D eigenvalue weighted by molar-refractivity contribution is -0.141. The molecule has 1 aromatic rings. The lowest BCUT2D eigenvalue weighted by atomic mass is 10.1. The van der Waals surface area contributed by atoms with Crippen molar-refractivity contribution in [2.24, 2.45) is 0 Å². The van der Waals surface area contributed by atoms with Crippen LogP contribution in [0.2, 0.25) is 0 Å². The number of nitrogens with zero attached hydrogens (tertiary/aromatic N) is 2. The zero-order valence-electron chi connectivity index (χ0n) is 11.2. The minimum absolute atomic E-state index is 0.0221. The average Bonchev–Trinajstić information content (AvgIpc) is 3.05. The highest BCUT2D eigenvalue weighted by Gasteiger charge is 2.34. The van der Waals surface area contributed by atoms with Gasteiger partial charge in [0, 0.05) is 26.3 Å². The standard InChI is InChI=1S/C13H18N2O2S2/c1-14(2)13(17)11-8-19-9-15(11)12(16)4-3-10-5-6-18-7-10/h5-7,11H,3-4,8-9H2,1-2H3. The van der Waals surface area contributed by atoms with Gasteiger partial charge in [0.05, 0.1) is 5.88 Å². The van der Waals surface area contributed by atoms with Gasteiger partial charge in [-0.3, -0.25) is 9.59 Å². The molecule has 2 rings (SSSR count). The first-order chi connectivity index (χ1) is 9.09. The third-order valence-corrected chi connectivity index (χ3v) is 4.88. The molecule has 0 radical (unpaired) electrons. The van der Waals surface area contributed by atoms with Crippen LogP contribution in [0.15, 0.2) is 16.8 Å². The molecule has 1 saturated heterocycles. The van der Waals surface area contributed by atoms with Crippen LogP contribution in [0, 0.1) is 0 Å². The Kier molecular flexibility index (Phi) is 4.87. The van der Waals surface area contributed by atoms with Gasteiger partial charge in [-0.1, -0.05) is 0 Å². The van der Waals surface area contributed by atoms with Crippen molar-refractivity contribution in [2.75, 3.05) is 25.7 Å². The molecule has 1 atom stereocenters. The molecule has 6 heteroatoms. The van der Waals surface area contributed by atoms with Crippen LogP contribution < -0.4 is 0 Å². The maximum absolute atomic E-state index is 12.2. The van der Waals surface area contributed by atoms with Gasteiger partial charge in [-0.15, -0.1) is 11.8 Å². The topological polar surface area (TPSA) is 40.6 Å². The Morgan fingerprint density at radius 1 is 1.47 bits per heavy atom. The lowest BCUT2D eigenvalue weighted by Crippen LogP contribution is -2.46. The molecule has 1 aliphatic heterocycles. The number of hydrogen-bond donors (Lipinski definition) is 0. The van der Waals surface area contributed by atoms with E-state index in [1.807, 2.05) is 11.4 Å². The highest BCUT2D eigenvalue weighted by atomic mass is 32.2. The second kappa shape index (κ2) is 6.43. The smallest absolute Gasteiger partial charge is 0.245 e. The van der Waals surface area contributed by atoms with Crippen molar-refractivity contribution in [1.29, 1.82) is 0 Å². The van der Waals surface area contributed by atoms with Crippen LogP contribution >= 0.6 is 23.1 Å². The van der Waals surface area contributed by atoms with E-state index in [0.29, 0.717) is 18.1 Å². The van der Waals surface area contributed by atoms with E-state index in [4.69, 9.17) is 0 Å². The Hall–Kier alpha value is -1.01. The summed E-state index contributed by atoms with van der Waals surface area (Å²) in [6.07, 6.45) is 1.24. The summed E-state index contributed by atoms with van der Waals surface area (Å²) in [5.74, 6) is 1.44. The van der Waals surface area contributed by atoms with Gasteiger partial charge in [0.1, 0.15) is 6.04 Å². The van der Waals surface area contributed by atoms with Crippen LogP contribution in [0.4, 0.5) is 0 Å². The molecule has 2 heterocycles. The molecule has 1 aromatic heterocycles. The van der Waals surface area contributed by atoms with Crippen LogP contribution in [-0.2, 0) is 16.0 Å². The number of thiophene rings is 1. The second-order valence-corrected chi connectivity index (χ2v) is 6.52. The molecule has 0 bridgehead atoms. The molecule has 1 unspecified atom stereocenters. The third-order valence-electron chi connectivity index (χ3n) is 3.14. The first-order valence-electron chi connectivity index (χ1n) is 6.19. The molecule has 1 aliphatic rings. The van der Waals surface area contributed by atoms with Gasteiger partial charge in [0.15, 0.2) is 0 Å². The van der Waals surface area contributed by atoms with E-state index in [9.17, 15) is 9.59 Å². The fraction of sp³-hybridized carbons (Fsp3) is 0.538. The van der Waals surface area contributed by atoms with Crippen molar-refractivity contribution in [2.45, 2.75) is 18.9 Å². The summed E-state index contributed by atoms with van der Waals surface area (Å²) < 4.78 is 0. The molecule has 19 heavy (non-hydrogen) atoms. The van der Waals surface area contributed by atoms with Crippen LogP contribution in [0.5, 0.6) is 0 Å². The summed E-state index contributed by atoms with van der Waals surface area (Å²) in [5.41, 5.74) is 1.20. The number of likely N-dealkylation sites (N-methyl/N-ethyl adjacent to an activating group) is 1. The van der Waals surface area contributed by atoms with E-state index in [2.05, 4.69) is 5.38 Å².